The highest BCUT2D eigenvalue weighted by molar-refractivity contribution is 7.99. The van der Waals surface area contributed by atoms with Gasteiger partial charge in [0.05, 0.1) is 16.9 Å². The third-order valence-electron chi connectivity index (χ3n) is 3.88. The number of fused-ring (bicyclic) bond motifs is 2. The van der Waals surface area contributed by atoms with Crippen LogP contribution in [0.1, 0.15) is 25.8 Å². The Morgan fingerprint density at radius 1 is 1.00 bits per heavy atom. The molecule has 0 aromatic heterocycles. The fourth-order valence-corrected chi connectivity index (χ4v) is 3.71. The van der Waals surface area contributed by atoms with Gasteiger partial charge in [-0.2, -0.15) is 13.2 Å². The van der Waals surface area contributed by atoms with Crippen molar-refractivity contribution in [3.8, 4) is 0 Å². The Morgan fingerprint density at radius 3 is 2.39 bits per heavy atom. The molecule has 3 rings (SSSR count). The Kier molecular flexibility index (Phi) is 4.32. The van der Waals surface area contributed by atoms with Gasteiger partial charge in [-0.15, -0.1) is 0 Å². The van der Waals surface area contributed by atoms with Gasteiger partial charge in [-0.1, -0.05) is 37.7 Å². The molecular weight excluding hydrogens is 319 g/mol. The van der Waals surface area contributed by atoms with Crippen molar-refractivity contribution < 1.29 is 13.2 Å². The second kappa shape index (κ2) is 6.11. The summed E-state index contributed by atoms with van der Waals surface area (Å²) in [5, 5.41) is 0. The number of rotatable bonds is 3. The zero-order valence-corrected chi connectivity index (χ0v) is 13.8. The highest BCUT2D eigenvalue weighted by atomic mass is 32.2. The van der Waals surface area contributed by atoms with E-state index in [1.165, 1.54) is 23.9 Å². The van der Waals surface area contributed by atoms with Crippen molar-refractivity contribution in [2.75, 3.05) is 11.4 Å². The van der Waals surface area contributed by atoms with Crippen LogP contribution in [0.4, 0.5) is 24.5 Å². The second-order valence-corrected chi connectivity index (χ2v) is 7.17. The molecule has 1 nitrogen and oxygen atoms in total. The predicted molar refractivity (Wildman–Crippen MR) is 88.5 cm³/mol. The van der Waals surface area contributed by atoms with Crippen LogP contribution >= 0.6 is 11.8 Å². The number of nitrogens with zero attached hydrogens (tertiary/aromatic N) is 1. The van der Waals surface area contributed by atoms with Crippen LogP contribution in [0, 0.1) is 5.92 Å². The van der Waals surface area contributed by atoms with E-state index < -0.39 is 11.7 Å². The second-order valence-electron chi connectivity index (χ2n) is 6.08. The van der Waals surface area contributed by atoms with Crippen LogP contribution in [-0.2, 0) is 6.18 Å². The molecule has 0 N–H and O–H groups in total. The SMILES string of the molecule is CC(C)CCN1c2ccccc2Sc2ccc(C(F)(F)F)cc21. The minimum atomic E-state index is -4.32. The number of hydrogen-bond acceptors (Lipinski definition) is 2. The molecule has 0 radical (unpaired) electrons. The van der Waals surface area contributed by atoms with Crippen LogP contribution in [0.25, 0.3) is 0 Å². The van der Waals surface area contributed by atoms with Crippen molar-refractivity contribution in [2.45, 2.75) is 36.2 Å². The van der Waals surface area contributed by atoms with Gasteiger partial charge in [-0.3, -0.25) is 0 Å². The lowest BCUT2D eigenvalue weighted by Crippen LogP contribution is -2.23. The van der Waals surface area contributed by atoms with Crippen LogP contribution in [0.15, 0.2) is 52.3 Å². The van der Waals surface area contributed by atoms with E-state index in [0.29, 0.717) is 18.2 Å². The van der Waals surface area contributed by atoms with Gasteiger partial charge < -0.3 is 4.90 Å². The van der Waals surface area contributed by atoms with Crippen molar-refractivity contribution in [1.29, 1.82) is 0 Å². The average Bonchev–Trinajstić information content (AvgIpc) is 2.49. The normalized spacial score (nSPS) is 13.9. The van der Waals surface area contributed by atoms with Gasteiger partial charge in [0, 0.05) is 16.3 Å². The largest absolute Gasteiger partial charge is 0.416 e. The first-order valence-electron chi connectivity index (χ1n) is 7.62. The summed E-state index contributed by atoms with van der Waals surface area (Å²) in [6.07, 6.45) is -3.39. The lowest BCUT2D eigenvalue weighted by atomic mass is 10.1. The highest BCUT2D eigenvalue weighted by Crippen LogP contribution is 2.49. The maximum atomic E-state index is 13.1. The molecule has 1 aliphatic heterocycles. The molecule has 0 amide bonds. The minimum Gasteiger partial charge on any atom is -0.340 e. The summed E-state index contributed by atoms with van der Waals surface area (Å²) in [5.41, 5.74) is 1.06. The fourth-order valence-electron chi connectivity index (χ4n) is 2.63. The summed E-state index contributed by atoms with van der Waals surface area (Å²) >= 11 is 1.53. The summed E-state index contributed by atoms with van der Waals surface area (Å²) in [7, 11) is 0. The molecular formula is C18H18F3NS. The van der Waals surface area contributed by atoms with Crippen LogP contribution < -0.4 is 4.90 Å². The molecule has 0 aliphatic carbocycles. The zero-order valence-electron chi connectivity index (χ0n) is 13.0. The van der Waals surface area contributed by atoms with Gasteiger partial charge in [0.25, 0.3) is 0 Å². The smallest absolute Gasteiger partial charge is 0.340 e. The third kappa shape index (κ3) is 3.34. The van der Waals surface area contributed by atoms with E-state index in [4.69, 9.17) is 0 Å². The summed E-state index contributed by atoms with van der Waals surface area (Å²) in [6.45, 7) is 4.96. The van der Waals surface area contributed by atoms with E-state index in [-0.39, 0.29) is 0 Å². The Bertz CT molecular complexity index is 710. The molecule has 2 aromatic rings. The van der Waals surface area contributed by atoms with Gasteiger partial charge in [-0.25, -0.2) is 0 Å². The minimum absolute atomic E-state index is 0.492. The zero-order chi connectivity index (χ0) is 16.6. The van der Waals surface area contributed by atoms with Crippen molar-refractivity contribution in [3.63, 3.8) is 0 Å². The van der Waals surface area contributed by atoms with E-state index in [0.717, 1.165) is 21.9 Å². The Hall–Kier alpha value is -1.62. The fraction of sp³-hybridized carbons (Fsp3) is 0.333. The van der Waals surface area contributed by atoms with Crippen molar-refractivity contribution >= 4 is 23.1 Å². The highest BCUT2D eigenvalue weighted by Gasteiger charge is 2.33. The number of halogens is 3. The van der Waals surface area contributed by atoms with Crippen LogP contribution in [0.3, 0.4) is 0 Å². The van der Waals surface area contributed by atoms with Crippen LogP contribution in [-0.4, -0.2) is 6.54 Å². The first kappa shape index (κ1) is 16.2. The number of para-hydroxylation sites is 1. The predicted octanol–water partition coefficient (Wildman–Crippen LogP) is 6.35. The van der Waals surface area contributed by atoms with Gasteiger partial charge in [-0.05, 0) is 42.7 Å². The molecule has 5 heteroatoms. The summed E-state index contributed by atoms with van der Waals surface area (Å²) in [5.74, 6) is 0.492. The lowest BCUT2D eigenvalue weighted by Gasteiger charge is -2.33. The first-order chi connectivity index (χ1) is 10.9. The average molecular weight is 337 g/mol. The number of alkyl halides is 3. The van der Waals surface area contributed by atoms with Crippen molar-refractivity contribution in [3.05, 3.63) is 48.0 Å². The molecule has 0 saturated carbocycles. The molecule has 0 fully saturated rings. The number of benzene rings is 2. The molecule has 0 spiro atoms. The number of hydrogen-bond donors (Lipinski definition) is 0. The van der Waals surface area contributed by atoms with Crippen LogP contribution in [0.2, 0.25) is 0 Å². The van der Waals surface area contributed by atoms with Crippen molar-refractivity contribution in [1.82, 2.24) is 0 Å². The maximum Gasteiger partial charge on any atom is 0.416 e. The molecule has 1 heterocycles. The molecule has 0 bridgehead atoms. The number of anilines is 2. The molecule has 2 aromatic carbocycles. The standard InChI is InChI=1S/C18H18F3NS/c1-12(2)9-10-22-14-5-3-4-6-16(14)23-17-8-7-13(11-15(17)22)18(19,20)21/h3-8,11-12H,9-10H2,1-2H3. The van der Waals surface area contributed by atoms with E-state index in [1.54, 1.807) is 6.07 Å². The molecule has 0 saturated heterocycles. The molecule has 1 aliphatic rings. The summed E-state index contributed by atoms with van der Waals surface area (Å²) in [4.78, 5) is 3.99. The van der Waals surface area contributed by atoms with Gasteiger partial charge in [0.15, 0.2) is 0 Å². The molecule has 23 heavy (non-hydrogen) atoms. The summed E-state index contributed by atoms with van der Waals surface area (Å²) < 4.78 is 39.2. The van der Waals surface area contributed by atoms with E-state index >= 15 is 0 Å². The third-order valence-corrected chi connectivity index (χ3v) is 5.01. The van der Waals surface area contributed by atoms with Crippen LogP contribution in [0.5, 0.6) is 0 Å². The monoisotopic (exact) mass is 337 g/mol. The van der Waals surface area contributed by atoms with Gasteiger partial charge in [0.1, 0.15) is 0 Å². The summed E-state index contributed by atoms with van der Waals surface area (Å²) in [6, 6.07) is 11.9. The molecule has 122 valence electrons. The molecule has 0 atom stereocenters. The van der Waals surface area contributed by atoms with E-state index in [9.17, 15) is 13.2 Å². The Morgan fingerprint density at radius 2 is 1.70 bits per heavy atom. The van der Waals surface area contributed by atoms with Gasteiger partial charge >= 0.3 is 6.18 Å². The Balaban J connectivity index is 2.06. The quantitative estimate of drug-likeness (QED) is 0.641. The van der Waals surface area contributed by atoms with E-state index in [1.807, 2.05) is 29.2 Å². The van der Waals surface area contributed by atoms with E-state index in [2.05, 4.69) is 13.8 Å². The first-order valence-corrected chi connectivity index (χ1v) is 8.43. The Labute approximate surface area is 138 Å². The van der Waals surface area contributed by atoms with Crippen molar-refractivity contribution in [2.24, 2.45) is 5.92 Å². The maximum absolute atomic E-state index is 13.1. The molecule has 0 unspecified atom stereocenters. The van der Waals surface area contributed by atoms with Gasteiger partial charge in [0.2, 0.25) is 0 Å². The topological polar surface area (TPSA) is 3.24 Å². The lowest BCUT2D eigenvalue weighted by molar-refractivity contribution is -0.137.